The van der Waals surface area contributed by atoms with Crippen LogP contribution in [0.4, 0.5) is 0 Å². The van der Waals surface area contributed by atoms with Gasteiger partial charge in [0, 0.05) is 15.7 Å². The van der Waals surface area contributed by atoms with Crippen molar-refractivity contribution in [2.45, 2.75) is 5.16 Å². The zero-order valence-electron chi connectivity index (χ0n) is 18.6. The number of hydrogen-bond donors (Lipinski definition) is 1. The highest BCUT2D eigenvalue weighted by molar-refractivity contribution is 9.10. The maximum atomic E-state index is 12.4. The molecule has 4 rings (SSSR count). The first-order valence-corrected chi connectivity index (χ1v) is 12.2. The maximum absolute atomic E-state index is 12.4. The zero-order chi connectivity index (χ0) is 24.6. The van der Waals surface area contributed by atoms with Crippen LogP contribution in [0.3, 0.4) is 0 Å². The van der Waals surface area contributed by atoms with E-state index in [9.17, 15) is 9.59 Å². The summed E-state index contributed by atoms with van der Waals surface area (Å²) in [6.07, 6.45) is 1.50. The standard InChI is InChI=1S/C25H20BrN5O3S/c1-34-24(33)19-9-7-17(8-10-19)15-27-28-22(32)16-35-25-30-29-23(18-11-13-20(26)14-12-18)31(25)21-5-3-2-4-6-21/h2-15H,16H2,1H3,(H,28,32)/b27-15-. The number of methoxy groups -OCH3 is 1. The van der Waals surface area contributed by atoms with Crippen LogP contribution in [0.2, 0.25) is 0 Å². The molecular weight excluding hydrogens is 530 g/mol. The molecule has 1 aromatic heterocycles. The van der Waals surface area contributed by atoms with Crippen molar-refractivity contribution in [2.24, 2.45) is 5.10 Å². The van der Waals surface area contributed by atoms with E-state index >= 15 is 0 Å². The third-order valence-corrected chi connectivity index (χ3v) is 6.27. The van der Waals surface area contributed by atoms with Gasteiger partial charge in [-0.05, 0) is 42.0 Å². The Hall–Kier alpha value is -3.76. The van der Waals surface area contributed by atoms with Crippen LogP contribution in [0.1, 0.15) is 15.9 Å². The second-order valence-corrected chi connectivity index (χ2v) is 9.04. The highest BCUT2D eigenvalue weighted by Crippen LogP contribution is 2.28. The fourth-order valence-electron chi connectivity index (χ4n) is 3.12. The van der Waals surface area contributed by atoms with Crippen LogP contribution in [0.25, 0.3) is 17.1 Å². The first-order valence-electron chi connectivity index (χ1n) is 10.4. The molecule has 4 aromatic rings. The van der Waals surface area contributed by atoms with Crippen molar-refractivity contribution in [3.05, 3.63) is 94.5 Å². The molecule has 35 heavy (non-hydrogen) atoms. The van der Waals surface area contributed by atoms with E-state index in [0.29, 0.717) is 16.5 Å². The highest BCUT2D eigenvalue weighted by Gasteiger charge is 2.17. The van der Waals surface area contributed by atoms with Crippen molar-refractivity contribution in [2.75, 3.05) is 12.9 Å². The Kier molecular flexibility index (Phi) is 8.07. The third kappa shape index (κ3) is 6.23. The lowest BCUT2D eigenvalue weighted by Crippen LogP contribution is -2.20. The largest absolute Gasteiger partial charge is 0.465 e. The van der Waals surface area contributed by atoms with Crippen LogP contribution < -0.4 is 5.43 Å². The molecule has 0 aliphatic carbocycles. The second kappa shape index (κ2) is 11.6. The normalized spacial score (nSPS) is 10.9. The van der Waals surface area contributed by atoms with E-state index in [4.69, 9.17) is 0 Å². The van der Waals surface area contributed by atoms with Gasteiger partial charge in [-0.1, -0.05) is 70.2 Å². The number of carbonyl (C=O) groups is 2. The van der Waals surface area contributed by atoms with Crippen LogP contribution in [-0.4, -0.2) is 45.7 Å². The molecular formula is C25H20BrN5O3S. The second-order valence-electron chi connectivity index (χ2n) is 7.18. The van der Waals surface area contributed by atoms with Gasteiger partial charge in [0.25, 0.3) is 5.91 Å². The maximum Gasteiger partial charge on any atom is 0.337 e. The topological polar surface area (TPSA) is 98.5 Å². The fourth-order valence-corrected chi connectivity index (χ4v) is 4.13. The number of rotatable bonds is 8. The molecule has 176 valence electrons. The monoisotopic (exact) mass is 549 g/mol. The highest BCUT2D eigenvalue weighted by atomic mass is 79.9. The molecule has 10 heteroatoms. The minimum Gasteiger partial charge on any atom is -0.465 e. The minimum atomic E-state index is -0.412. The Balaban J connectivity index is 1.43. The molecule has 1 heterocycles. The molecule has 1 amide bonds. The first-order chi connectivity index (χ1) is 17.0. The smallest absolute Gasteiger partial charge is 0.337 e. The van der Waals surface area contributed by atoms with E-state index in [1.165, 1.54) is 25.1 Å². The summed E-state index contributed by atoms with van der Waals surface area (Å²) >= 11 is 4.72. The molecule has 1 N–H and O–H groups in total. The van der Waals surface area contributed by atoms with Crippen LogP contribution in [0.5, 0.6) is 0 Å². The SMILES string of the molecule is COC(=O)c1ccc(/C=N\NC(=O)CSc2nnc(-c3ccc(Br)cc3)n2-c2ccccc2)cc1. The molecule has 0 aliphatic rings. The van der Waals surface area contributed by atoms with Crippen molar-refractivity contribution in [1.29, 1.82) is 0 Å². The summed E-state index contributed by atoms with van der Waals surface area (Å²) in [4.78, 5) is 23.9. The van der Waals surface area contributed by atoms with Gasteiger partial charge in [0.1, 0.15) is 0 Å². The number of ether oxygens (including phenoxy) is 1. The lowest BCUT2D eigenvalue weighted by molar-refractivity contribution is -0.118. The molecule has 8 nitrogen and oxygen atoms in total. The lowest BCUT2D eigenvalue weighted by atomic mass is 10.1. The summed E-state index contributed by atoms with van der Waals surface area (Å²) in [5.74, 6) is 0.0833. The van der Waals surface area contributed by atoms with Gasteiger partial charge in [0.05, 0.1) is 24.6 Å². The summed E-state index contributed by atoms with van der Waals surface area (Å²) < 4.78 is 7.57. The number of benzene rings is 3. The Morgan fingerprint density at radius 2 is 1.74 bits per heavy atom. The van der Waals surface area contributed by atoms with Gasteiger partial charge in [-0.3, -0.25) is 9.36 Å². The van der Waals surface area contributed by atoms with E-state index < -0.39 is 5.97 Å². The van der Waals surface area contributed by atoms with Gasteiger partial charge < -0.3 is 4.74 Å². The molecule has 0 unspecified atom stereocenters. The van der Waals surface area contributed by atoms with E-state index in [0.717, 1.165) is 21.3 Å². The van der Waals surface area contributed by atoms with E-state index in [1.807, 2.05) is 59.2 Å². The number of nitrogens with zero attached hydrogens (tertiary/aromatic N) is 4. The molecule has 0 saturated carbocycles. The molecule has 0 atom stereocenters. The zero-order valence-corrected chi connectivity index (χ0v) is 21.0. The lowest BCUT2D eigenvalue weighted by Gasteiger charge is -2.10. The summed E-state index contributed by atoms with van der Waals surface area (Å²) in [7, 11) is 1.33. The minimum absolute atomic E-state index is 0.101. The van der Waals surface area contributed by atoms with Crippen molar-refractivity contribution in [1.82, 2.24) is 20.2 Å². The number of hydrogen-bond acceptors (Lipinski definition) is 7. The molecule has 0 aliphatic heterocycles. The van der Waals surface area contributed by atoms with Crippen LogP contribution in [0.15, 0.2) is 93.6 Å². The quantitative estimate of drug-likeness (QED) is 0.148. The molecule has 0 saturated heterocycles. The number of nitrogens with one attached hydrogen (secondary N) is 1. The number of hydrazone groups is 1. The van der Waals surface area contributed by atoms with Crippen LogP contribution >= 0.6 is 27.7 Å². The Morgan fingerprint density at radius 3 is 2.43 bits per heavy atom. The van der Waals surface area contributed by atoms with Crippen LogP contribution in [0, 0.1) is 0 Å². The van der Waals surface area contributed by atoms with Crippen molar-refractivity contribution < 1.29 is 14.3 Å². The van der Waals surface area contributed by atoms with Gasteiger partial charge >= 0.3 is 5.97 Å². The molecule has 3 aromatic carbocycles. The molecule has 0 spiro atoms. The number of halogens is 1. The number of carbonyl (C=O) groups excluding carboxylic acids is 2. The van der Waals surface area contributed by atoms with Gasteiger partial charge in [0.2, 0.25) is 0 Å². The number of amides is 1. The van der Waals surface area contributed by atoms with Crippen LogP contribution in [-0.2, 0) is 9.53 Å². The van der Waals surface area contributed by atoms with Crippen molar-refractivity contribution in [3.63, 3.8) is 0 Å². The molecule has 0 radical (unpaired) electrons. The van der Waals surface area contributed by atoms with Gasteiger partial charge in [-0.25, -0.2) is 10.2 Å². The first kappa shape index (κ1) is 24.4. The van der Waals surface area contributed by atoms with Gasteiger partial charge in [-0.2, -0.15) is 5.10 Å². The van der Waals surface area contributed by atoms with Crippen molar-refractivity contribution >= 4 is 45.8 Å². The number of thioether (sulfide) groups is 1. The number of para-hydroxylation sites is 1. The Morgan fingerprint density at radius 1 is 1.03 bits per heavy atom. The van der Waals surface area contributed by atoms with Gasteiger partial charge in [0.15, 0.2) is 11.0 Å². The molecule has 0 bridgehead atoms. The summed E-state index contributed by atoms with van der Waals surface area (Å²) in [6.45, 7) is 0. The molecule has 0 fully saturated rings. The summed E-state index contributed by atoms with van der Waals surface area (Å²) in [6, 6.07) is 24.2. The number of aromatic nitrogens is 3. The van der Waals surface area contributed by atoms with E-state index in [-0.39, 0.29) is 11.7 Å². The average Bonchev–Trinajstić information content (AvgIpc) is 3.32. The summed E-state index contributed by atoms with van der Waals surface area (Å²) in [5.41, 5.74) is 5.48. The predicted octanol–water partition coefficient (Wildman–Crippen LogP) is 4.73. The van der Waals surface area contributed by atoms with Crippen molar-refractivity contribution in [3.8, 4) is 17.1 Å². The third-order valence-electron chi connectivity index (χ3n) is 4.82. The van der Waals surface area contributed by atoms with E-state index in [2.05, 4.69) is 41.4 Å². The van der Waals surface area contributed by atoms with Gasteiger partial charge in [-0.15, -0.1) is 10.2 Å². The average molecular weight is 550 g/mol. The Bertz CT molecular complexity index is 1340. The number of esters is 1. The fraction of sp³-hybridized carbons (Fsp3) is 0.0800. The predicted molar refractivity (Wildman–Crippen MR) is 139 cm³/mol. The van der Waals surface area contributed by atoms with E-state index in [1.54, 1.807) is 24.3 Å². The summed E-state index contributed by atoms with van der Waals surface area (Å²) in [5, 5.41) is 13.3. The Labute approximate surface area is 214 Å².